The van der Waals surface area contributed by atoms with E-state index in [1.54, 1.807) is 19.5 Å². The van der Waals surface area contributed by atoms with Crippen molar-refractivity contribution in [2.75, 3.05) is 25.5 Å². The van der Waals surface area contributed by atoms with Gasteiger partial charge in [-0.3, -0.25) is 0 Å². The van der Waals surface area contributed by atoms with Crippen LogP contribution in [0.5, 0.6) is 5.88 Å². The van der Waals surface area contributed by atoms with Crippen molar-refractivity contribution >= 4 is 16.9 Å². The molecule has 24 heavy (non-hydrogen) atoms. The van der Waals surface area contributed by atoms with Crippen molar-refractivity contribution in [2.24, 2.45) is 0 Å². The van der Waals surface area contributed by atoms with E-state index in [2.05, 4.69) is 25.6 Å². The predicted molar refractivity (Wildman–Crippen MR) is 93.2 cm³/mol. The Bertz CT molecular complexity index is 840. The lowest BCUT2D eigenvalue weighted by atomic mass is 10.1. The highest BCUT2D eigenvalue weighted by Crippen LogP contribution is 2.33. The minimum Gasteiger partial charge on any atom is -0.479 e. The number of piperidine rings is 1. The summed E-state index contributed by atoms with van der Waals surface area (Å²) in [6, 6.07) is 4.47. The number of H-pyrrole nitrogens is 1. The lowest BCUT2D eigenvalue weighted by molar-refractivity contribution is 0.398. The Morgan fingerprint density at radius 3 is 2.88 bits per heavy atom. The van der Waals surface area contributed by atoms with Crippen LogP contribution in [0, 0.1) is 0 Å². The molecule has 0 saturated carbocycles. The van der Waals surface area contributed by atoms with Gasteiger partial charge in [-0.2, -0.15) is 0 Å². The molecule has 4 rings (SSSR count). The highest BCUT2D eigenvalue weighted by molar-refractivity contribution is 5.94. The molecule has 0 aromatic carbocycles. The third-order valence-electron chi connectivity index (χ3n) is 4.33. The highest BCUT2D eigenvalue weighted by Gasteiger charge is 2.17. The number of aromatic amines is 1. The Morgan fingerprint density at radius 2 is 2.04 bits per heavy atom. The molecule has 3 N–H and O–H groups in total. The number of anilines is 1. The number of fused-ring (bicyclic) bond motifs is 1. The number of nitrogens with zero attached hydrogens (tertiary/aromatic N) is 3. The predicted octanol–water partition coefficient (Wildman–Crippen LogP) is 2.19. The summed E-state index contributed by atoms with van der Waals surface area (Å²) in [6.45, 7) is 2.07. The second-order valence-electron chi connectivity index (χ2n) is 5.88. The summed E-state index contributed by atoms with van der Waals surface area (Å²) in [7, 11) is 1.61. The van der Waals surface area contributed by atoms with Crippen LogP contribution >= 0.6 is 0 Å². The van der Waals surface area contributed by atoms with Crippen molar-refractivity contribution in [3.8, 4) is 17.1 Å². The van der Waals surface area contributed by atoms with Gasteiger partial charge in [0.15, 0.2) is 0 Å². The molecular weight excluding hydrogens is 304 g/mol. The van der Waals surface area contributed by atoms with Crippen molar-refractivity contribution in [1.82, 2.24) is 25.3 Å². The van der Waals surface area contributed by atoms with Crippen molar-refractivity contribution in [3.63, 3.8) is 0 Å². The number of methoxy groups -OCH3 is 1. The standard InChI is InChI=1S/C17H20N6O/c1-24-17-15(19-8-9-21-17)13-10-14(22-11-2-5-18-6-3-11)23-16-12(13)4-7-20-16/h4,7-11,18H,2-3,5-6H2,1H3,(H2,20,22,23). The van der Waals surface area contributed by atoms with Gasteiger partial charge in [-0.05, 0) is 38.1 Å². The Morgan fingerprint density at radius 1 is 1.21 bits per heavy atom. The van der Waals surface area contributed by atoms with Gasteiger partial charge < -0.3 is 20.4 Å². The van der Waals surface area contributed by atoms with Crippen LogP contribution in [0.3, 0.4) is 0 Å². The molecule has 0 bridgehead atoms. The highest BCUT2D eigenvalue weighted by atomic mass is 16.5. The van der Waals surface area contributed by atoms with Gasteiger partial charge >= 0.3 is 0 Å². The van der Waals surface area contributed by atoms with E-state index in [0.717, 1.165) is 54.0 Å². The SMILES string of the molecule is COc1nccnc1-c1cc(NC2CCNCC2)nc2[nH]ccc12. The summed E-state index contributed by atoms with van der Waals surface area (Å²) >= 11 is 0. The number of rotatable bonds is 4. The fourth-order valence-corrected chi connectivity index (χ4v) is 3.14. The molecule has 1 aliphatic heterocycles. The van der Waals surface area contributed by atoms with E-state index in [9.17, 15) is 0 Å². The lowest BCUT2D eigenvalue weighted by Crippen LogP contribution is -2.35. The third-order valence-corrected chi connectivity index (χ3v) is 4.33. The van der Waals surface area contributed by atoms with Crippen LogP contribution in [0.15, 0.2) is 30.7 Å². The fraction of sp³-hybridized carbons (Fsp3) is 0.353. The van der Waals surface area contributed by atoms with Crippen LogP contribution in [-0.2, 0) is 0 Å². The van der Waals surface area contributed by atoms with Crippen LogP contribution in [0.4, 0.5) is 5.82 Å². The van der Waals surface area contributed by atoms with E-state index in [1.165, 1.54) is 0 Å². The van der Waals surface area contributed by atoms with Gasteiger partial charge in [0.1, 0.15) is 17.2 Å². The summed E-state index contributed by atoms with van der Waals surface area (Å²) in [5.41, 5.74) is 2.51. The molecule has 0 unspecified atom stereocenters. The molecule has 0 aliphatic carbocycles. The molecule has 0 spiro atoms. The van der Waals surface area contributed by atoms with E-state index in [0.29, 0.717) is 11.9 Å². The van der Waals surface area contributed by atoms with Crippen molar-refractivity contribution in [2.45, 2.75) is 18.9 Å². The molecule has 7 nitrogen and oxygen atoms in total. The Balaban J connectivity index is 1.77. The molecule has 1 saturated heterocycles. The number of pyridine rings is 1. The van der Waals surface area contributed by atoms with Crippen LogP contribution in [0.2, 0.25) is 0 Å². The number of aromatic nitrogens is 4. The molecule has 4 heterocycles. The van der Waals surface area contributed by atoms with E-state index >= 15 is 0 Å². The zero-order chi connectivity index (χ0) is 16.4. The maximum atomic E-state index is 5.38. The number of hydrogen-bond donors (Lipinski definition) is 3. The van der Waals surface area contributed by atoms with Crippen molar-refractivity contribution in [1.29, 1.82) is 0 Å². The van der Waals surface area contributed by atoms with Crippen LogP contribution in [-0.4, -0.2) is 46.2 Å². The molecule has 1 fully saturated rings. The average Bonchev–Trinajstić information content (AvgIpc) is 3.10. The molecule has 3 aromatic rings. The zero-order valence-electron chi connectivity index (χ0n) is 13.5. The molecule has 1 aliphatic rings. The van der Waals surface area contributed by atoms with Crippen LogP contribution in [0.25, 0.3) is 22.3 Å². The second kappa shape index (κ2) is 6.45. The van der Waals surface area contributed by atoms with Crippen molar-refractivity contribution in [3.05, 3.63) is 30.7 Å². The molecule has 124 valence electrons. The Kier molecular flexibility index (Phi) is 4.00. The monoisotopic (exact) mass is 324 g/mol. The molecule has 0 atom stereocenters. The zero-order valence-corrected chi connectivity index (χ0v) is 13.5. The Labute approximate surface area is 139 Å². The number of nitrogens with one attached hydrogen (secondary N) is 3. The van der Waals surface area contributed by atoms with Gasteiger partial charge in [-0.1, -0.05) is 0 Å². The van der Waals surface area contributed by atoms with Gasteiger partial charge in [0, 0.05) is 35.6 Å². The summed E-state index contributed by atoms with van der Waals surface area (Å²) in [5.74, 6) is 1.36. The normalized spacial score (nSPS) is 15.5. The van der Waals surface area contributed by atoms with Gasteiger partial charge in [-0.15, -0.1) is 0 Å². The summed E-state index contributed by atoms with van der Waals surface area (Å²) in [4.78, 5) is 16.6. The molecule has 3 aromatic heterocycles. The van der Waals surface area contributed by atoms with E-state index < -0.39 is 0 Å². The van der Waals surface area contributed by atoms with E-state index in [1.807, 2.05) is 18.3 Å². The first-order valence-electron chi connectivity index (χ1n) is 8.16. The first-order chi connectivity index (χ1) is 11.8. The molecular formula is C17H20N6O. The minimum atomic E-state index is 0.433. The molecule has 7 heteroatoms. The van der Waals surface area contributed by atoms with Crippen LogP contribution < -0.4 is 15.4 Å². The quantitative estimate of drug-likeness (QED) is 0.682. The smallest absolute Gasteiger partial charge is 0.240 e. The number of ether oxygens (including phenoxy) is 1. The van der Waals surface area contributed by atoms with E-state index in [4.69, 9.17) is 9.72 Å². The first-order valence-corrected chi connectivity index (χ1v) is 8.16. The summed E-state index contributed by atoms with van der Waals surface area (Å²) < 4.78 is 5.38. The molecule has 0 radical (unpaired) electrons. The average molecular weight is 324 g/mol. The van der Waals surface area contributed by atoms with Gasteiger partial charge in [0.05, 0.1) is 7.11 Å². The van der Waals surface area contributed by atoms with E-state index in [-0.39, 0.29) is 0 Å². The van der Waals surface area contributed by atoms with Gasteiger partial charge in [0.25, 0.3) is 0 Å². The lowest BCUT2D eigenvalue weighted by Gasteiger charge is -2.24. The summed E-state index contributed by atoms with van der Waals surface area (Å²) in [5, 5.41) is 7.93. The van der Waals surface area contributed by atoms with Crippen LogP contribution in [0.1, 0.15) is 12.8 Å². The maximum absolute atomic E-state index is 5.38. The Hall–Kier alpha value is -2.67. The molecule has 0 amide bonds. The van der Waals surface area contributed by atoms with Gasteiger partial charge in [0.2, 0.25) is 5.88 Å². The number of hydrogen-bond acceptors (Lipinski definition) is 6. The third kappa shape index (κ3) is 2.78. The minimum absolute atomic E-state index is 0.433. The second-order valence-corrected chi connectivity index (χ2v) is 5.88. The van der Waals surface area contributed by atoms with Gasteiger partial charge in [-0.25, -0.2) is 15.0 Å². The largest absolute Gasteiger partial charge is 0.479 e. The van der Waals surface area contributed by atoms with Crippen molar-refractivity contribution < 1.29 is 4.74 Å². The maximum Gasteiger partial charge on any atom is 0.240 e. The summed E-state index contributed by atoms with van der Waals surface area (Å²) in [6.07, 6.45) is 7.38. The fourth-order valence-electron chi connectivity index (χ4n) is 3.14. The topological polar surface area (TPSA) is 87.8 Å². The first kappa shape index (κ1) is 14.9.